The van der Waals surface area contributed by atoms with E-state index < -0.39 is 35.2 Å². The number of halogens is 6. The van der Waals surface area contributed by atoms with Crippen LogP contribution in [0.5, 0.6) is 0 Å². The molecule has 6 nitrogen and oxygen atoms in total. The minimum atomic E-state index is -6.60. The van der Waals surface area contributed by atoms with Gasteiger partial charge in [0.1, 0.15) is 0 Å². The average molecular weight is 423 g/mol. The van der Waals surface area contributed by atoms with Crippen LogP contribution in [0.4, 0.5) is 26.3 Å². The lowest BCUT2D eigenvalue weighted by Crippen LogP contribution is -2.45. The number of nitrogens with zero attached hydrogens (tertiary/aromatic N) is 1. The van der Waals surface area contributed by atoms with Crippen LogP contribution >= 0.6 is 0 Å². The minimum absolute atomic E-state index is 0.493. The molecule has 0 aromatic rings. The average Bonchev–Trinajstić information content (AvgIpc) is 2.81. The van der Waals surface area contributed by atoms with Crippen LogP contribution in [0.25, 0.3) is 0 Å². The van der Waals surface area contributed by atoms with E-state index in [4.69, 9.17) is 0 Å². The van der Waals surface area contributed by atoms with Crippen molar-refractivity contribution in [3.63, 3.8) is 0 Å². The molecule has 1 rings (SSSR count). The highest BCUT2D eigenvalue weighted by Gasteiger charge is 2.55. The molecule has 0 radical (unpaired) electrons. The number of sulfonamides is 2. The maximum atomic E-state index is 11.5. The fourth-order valence-electron chi connectivity index (χ4n) is 2.10. The van der Waals surface area contributed by atoms with Crippen LogP contribution in [-0.4, -0.2) is 59.0 Å². The fraction of sp³-hybridized carbons (Fsp3) is 1.00. The molecule has 1 saturated heterocycles. The number of rotatable bonds is 5. The standard InChI is InChI=1S/C9H20N.C2HF6NO4S2/c1-3-4-7-10(2)8-5-6-9-10;3-1(4,5)14(10,11)9-15(12,13)2(6,7)8/h3-9H2,1-2H3;9H/q+1;. The molecule has 1 aliphatic heterocycles. The number of hydrogen-bond acceptors (Lipinski definition) is 4. The number of hydrogen-bond donors (Lipinski definition) is 1. The highest BCUT2D eigenvalue weighted by Crippen LogP contribution is 2.27. The van der Waals surface area contributed by atoms with Crippen molar-refractivity contribution in [3.8, 4) is 0 Å². The highest BCUT2D eigenvalue weighted by atomic mass is 32.3. The van der Waals surface area contributed by atoms with E-state index in [0.29, 0.717) is 0 Å². The first-order valence-corrected chi connectivity index (χ1v) is 10.2. The fourth-order valence-corrected chi connectivity index (χ4v) is 4.01. The van der Waals surface area contributed by atoms with E-state index in [2.05, 4.69) is 14.0 Å². The molecular weight excluding hydrogens is 402 g/mol. The maximum Gasteiger partial charge on any atom is 0.512 e. The van der Waals surface area contributed by atoms with Gasteiger partial charge in [0.15, 0.2) is 0 Å². The van der Waals surface area contributed by atoms with Gasteiger partial charge in [-0.05, 0) is 6.42 Å². The molecule has 0 amide bonds. The number of nitrogens with one attached hydrogen (secondary N) is 1. The summed E-state index contributed by atoms with van der Waals surface area (Å²) < 4.78 is 110. The van der Waals surface area contributed by atoms with Crippen molar-refractivity contribution in [1.29, 1.82) is 0 Å². The monoisotopic (exact) mass is 423 g/mol. The van der Waals surface area contributed by atoms with Crippen LogP contribution in [-0.2, 0) is 20.0 Å². The van der Waals surface area contributed by atoms with E-state index >= 15 is 0 Å². The Bertz CT molecular complexity index is 580. The number of quaternary nitrogens is 1. The van der Waals surface area contributed by atoms with Gasteiger partial charge in [0.25, 0.3) is 0 Å². The van der Waals surface area contributed by atoms with Gasteiger partial charge in [-0.1, -0.05) is 17.5 Å². The molecule has 0 aromatic heterocycles. The lowest BCUT2D eigenvalue weighted by molar-refractivity contribution is -0.897. The molecule has 1 aliphatic rings. The van der Waals surface area contributed by atoms with Crippen LogP contribution in [0.15, 0.2) is 0 Å². The van der Waals surface area contributed by atoms with Crippen molar-refractivity contribution in [2.24, 2.45) is 0 Å². The molecule has 1 heterocycles. The molecule has 0 atom stereocenters. The van der Waals surface area contributed by atoms with E-state index in [1.807, 2.05) is 0 Å². The van der Waals surface area contributed by atoms with Gasteiger partial charge >= 0.3 is 31.1 Å². The van der Waals surface area contributed by atoms with E-state index in [1.165, 1.54) is 49.8 Å². The van der Waals surface area contributed by atoms with Crippen molar-refractivity contribution in [1.82, 2.24) is 4.13 Å². The van der Waals surface area contributed by atoms with Gasteiger partial charge in [0, 0.05) is 12.8 Å². The van der Waals surface area contributed by atoms with Gasteiger partial charge in [-0.3, -0.25) is 0 Å². The molecular formula is C11H21F6N2O4S2+. The van der Waals surface area contributed by atoms with Crippen LogP contribution in [0.1, 0.15) is 32.6 Å². The smallest absolute Gasteiger partial charge is 0.326 e. The summed E-state index contributed by atoms with van der Waals surface area (Å²) in [4.78, 5) is 0. The number of likely N-dealkylation sites (tertiary alicyclic amines) is 1. The first-order valence-electron chi connectivity index (χ1n) is 7.22. The van der Waals surface area contributed by atoms with E-state index in [-0.39, 0.29) is 0 Å². The second-order valence-corrected chi connectivity index (χ2v) is 9.44. The summed E-state index contributed by atoms with van der Waals surface area (Å²) in [6.07, 6.45) is 5.69. The molecule has 25 heavy (non-hydrogen) atoms. The second-order valence-electron chi connectivity index (χ2n) is 5.83. The summed E-state index contributed by atoms with van der Waals surface area (Å²) >= 11 is 0. The summed E-state index contributed by atoms with van der Waals surface area (Å²) in [5.74, 6) is 0. The first-order chi connectivity index (χ1) is 11.0. The Morgan fingerprint density at radius 2 is 1.24 bits per heavy atom. The molecule has 0 aliphatic carbocycles. The number of alkyl halides is 6. The molecule has 0 spiro atoms. The third-order valence-corrected chi connectivity index (χ3v) is 6.50. The van der Waals surface area contributed by atoms with Crippen molar-refractivity contribution in [2.45, 2.75) is 43.6 Å². The summed E-state index contributed by atoms with van der Waals surface area (Å²) in [6, 6.07) is 0. The zero-order chi connectivity index (χ0) is 20.2. The summed E-state index contributed by atoms with van der Waals surface area (Å²) in [5.41, 5.74) is -12.3. The lowest BCUT2D eigenvalue weighted by atomic mass is 10.3. The molecule has 1 fully saturated rings. The van der Waals surface area contributed by atoms with E-state index in [1.54, 1.807) is 0 Å². The van der Waals surface area contributed by atoms with Gasteiger partial charge in [-0.2, -0.15) is 26.3 Å². The predicted molar refractivity (Wildman–Crippen MR) is 78.0 cm³/mol. The third-order valence-electron chi connectivity index (χ3n) is 3.53. The van der Waals surface area contributed by atoms with Crippen molar-refractivity contribution >= 4 is 20.0 Å². The SMILES string of the molecule is CCCC[N+]1(C)CCCC1.O=S(=O)(NS(=O)(=O)C(F)(F)F)C(F)(F)F. The quantitative estimate of drug-likeness (QED) is 0.544. The third kappa shape index (κ3) is 7.66. The lowest BCUT2D eigenvalue weighted by Gasteiger charge is -2.28. The first kappa shape index (κ1) is 24.4. The summed E-state index contributed by atoms with van der Waals surface area (Å²) in [5, 5.41) is 0. The van der Waals surface area contributed by atoms with E-state index in [0.717, 1.165) is 0 Å². The van der Waals surface area contributed by atoms with Gasteiger partial charge in [-0.25, -0.2) is 16.8 Å². The minimum Gasteiger partial charge on any atom is -0.326 e. The maximum absolute atomic E-state index is 11.5. The van der Waals surface area contributed by atoms with Gasteiger partial charge in [0.2, 0.25) is 0 Å². The Kier molecular flexibility index (Phi) is 8.19. The second kappa shape index (κ2) is 8.39. The van der Waals surface area contributed by atoms with Crippen molar-refractivity contribution in [3.05, 3.63) is 0 Å². The topological polar surface area (TPSA) is 80.3 Å². The van der Waals surface area contributed by atoms with Crippen LogP contribution in [0, 0.1) is 0 Å². The van der Waals surface area contributed by atoms with Crippen molar-refractivity contribution in [2.75, 3.05) is 26.7 Å². The summed E-state index contributed by atoms with van der Waals surface area (Å²) in [6.45, 7) is 6.55. The van der Waals surface area contributed by atoms with Crippen LogP contribution in [0.3, 0.4) is 0 Å². The van der Waals surface area contributed by atoms with Gasteiger partial charge < -0.3 is 4.48 Å². The van der Waals surface area contributed by atoms with Gasteiger partial charge in [0.05, 0.1) is 26.7 Å². The van der Waals surface area contributed by atoms with Gasteiger partial charge in [-0.15, -0.1) is 0 Å². The summed E-state index contributed by atoms with van der Waals surface area (Å²) in [7, 11) is -10.8. The Hall–Kier alpha value is -0.600. The molecule has 0 unspecified atom stereocenters. The zero-order valence-electron chi connectivity index (χ0n) is 13.6. The molecule has 14 heteroatoms. The van der Waals surface area contributed by atoms with E-state index in [9.17, 15) is 43.2 Å². The Balaban J connectivity index is 0.000000496. The molecule has 1 N–H and O–H groups in total. The Morgan fingerprint density at radius 1 is 0.880 bits per heavy atom. The Labute approximate surface area is 142 Å². The molecule has 0 bridgehead atoms. The highest BCUT2D eigenvalue weighted by molar-refractivity contribution is 8.05. The Morgan fingerprint density at radius 3 is 1.52 bits per heavy atom. The van der Waals surface area contributed by atoms with Crippen LogP contribution in [0.2, 0.25) is 0 Å². The normalized spacial score (nSPS) is 18.6. The van der Waals surface area contributed by atoms with Crippen molar-refractivity contribution < 1.29 is 47.7 Å². The number of unbranched alkanes of at least 4 members (excludes halogenated alkanes) is 1. The molecule has 0 aromatic carbocycles. The molecule has 0 saturated carbocycles. The van der Waals surface area contributed by atoms with Crippen LogP contribution < -0.4 is 4.13 Å². The molecule has 152 valence electrons. The largest absolute Gasteiger partial charge is 0.512 e. The zero-order valence-corrected chi connectivity index (χ0v) is 15.2. The predicted octanol–water partition coefficient (Wildman–Crippen LogP) is 2.30.